The fraction of sp³-hybridized carbons (Fsp3) is 0.276. The summed E-state index contributed by atoms with van der Waals surface area (Å²) in [6.45, 7) is 6.29. The number of carbonyl (C=O) groups excluding carboxylic acids is 1. The first-order valence-electron chi connectivity index (χ1n) is 11.8. The van der Waals surface area contributed by atoms with Crippen LogP contribution in [0.1, 0.15) is 36.8 Å². The number of hydrogen-bond acceptors (Lipinski definition) is 5. The van der Waals surface area contributed by atoms with E-state index in [9.17, 15) is 4.79 Å². The van der Waals surface area contributed by atoms with E-state index in [4.69, 9.17) is 4.52 Å². The number of ketones is 1. The fourth-order valence-corrected chi connectivity index (χ4v) is 4.98. The third kappa shape index (κ3) is 4.44. The molecule has 5 rings (SSSR count). The fourth-order valence-electron chi connectivity index (χ4n) is 4.98. The van der Waals surface area contributed by atoms with E-state index in [-0.39, 0.29) is 11.2 Å². The van der Waals surface area contributed by atoms with E-state index in [1.54, 1.807) is 13.8 Å². The number of aryl methyl sites for hydroxylation is 1. The molecule has 0 saturated carbocycles. The lowest BCUT2D eigenvalue weighted by molar-refractivity contribution is -0.124. The first-order valence-corrected chi connectivity index (χ1v) is 11.8. The summed E-state index contributed by atoms with van der Waals surface area (Å²) in [5.74, 6) is 1.46. The van der Waals surface area contributed by atoms with Crippen molar-refractivity contribution in [3.8, 4) is 22.5 Å². The molecule has 34 heavy (non-hydrogen) atoms. The molecule has 0 aliphatic carbocycles. The molecule has 0 radical (unpaired) electrons. The van der Waals surface area contributed by atoms with Gasteiger partial charge in [0.2, 0.25) is 11.7 Å². The van der Waals surface area contributed by atoms with E-state index >= 15 is 0 Å². The Labute approximate surface area is 200 Å². The molecule has 5 nitrogen and oxygen atoms in total. The molecule has 2 heterocycles. The Bertz CT molecular complexity index is 1250. The molecular weight excluding hydrogens is 422 g/mol. The monoisotopic (exact) mass is 451 g/mol. The quantitative estimate of drug-likeness (QED) is 0.369. The van der Waals surface area contributed by atoms with Gasteiger partial charge in [-0.3, -0.25) is 9.69 Å². The van der Waals surface area contributed by atoms with Crippen LogP contribution in [0.25, 0.3) is 22.5 Å². The van der Waals surface area contributed by atoms with Gasteiger partial charge < -0.3 is 4.52 Å². The molecule has 4 aromatic rings. The van der Waals surface area contributed by atoms with E-state index in [1.807, 2.05) is 30.3 Å². The summed E-state index contributed by atoms with van der Waals surface area (Å²) in [5.41, 5.74) is 5.39. The van der Waals surface area contributed by atoms with E-state index in [1.165, 1.54) is 11.1 Å². The van der Waals surface area contributed by atoms with Crippen LogP contribution < -0.4 is 0 Å². The average molecular weight is 452 g/mol. The topological polar surface area (TPSA) is 59.2 Å². The molecule has 1 aromatic heterocycles. The molecule has 0 amide bonds. The predicted octanol–water partition coefficient (Wildman–Crippen LogP) is 5.83. The Hall–Kier alpha value is -3.57. The lowest BCUT2D eigenvalue weighted by Crippen LogP contribution is -2.46. The first-order chi connectivity index (χ1) is 16.5. The maximum atomic E-state index is 12.6. The van der Waals surface area contributed by atoms with Crippen LogP contribution in [0.5, 0.6) is 0 Å². The molecule has 0 unspecified atom stereocenters. The van der Waals surface area contributed by atoms with Gasteiger partial charge in [-0.25, -0.2) is 0 Å². The Kier molecular flexibility index (Phi) is 6.12. The molecule has 0 N–H and O–H groups in total. The van der Waals surface area contributed by atoms with Gasteiger partial charge >= 0.3 is 0 Å². The van der Waals surface area contributed by atoms with Crippen molar-refractivity contribution in [2.75, 3.05) is 13.1 Å². The zero-order valence-electron chi connectivity index (χ0n) is 19.7. The molecule has 3 aromatic carbocycles. The minimum absolute atomic E-state index is 0.281. The number of rotatable bonds is 6. The van der Waals surface area contributed by atoms with E-state index in [2.05, 4.69) is 63.6 Å². The van der Waals surface area contributed by atoms with E-state index < -0.39 is 0 Å². The van der Waals surface area contributed by atoms with Crippen molar-refractivity contribution < 1.29 is 9.32 Å². The second kappa shape index (κ2) is 9.35. The summed E-state index contributed by atoms with van der Waals surface area (Å²) >= 11 is 0. The average Bonchev–Trinajstić information content (AvgIpc) is 3.32. The molecule has 1 aliphatic rings. The Morgan fingerprint density at radius 1 is 0.882 bits per heavy atom. The highest BCUT2D eigenvalue weighted by Crippen LogP contribution is 2.37. The van der Waals surface area contributed by atoms with Gasteiger partial charge in [0.25, 0.3) is 0 Å². The molecule has 0 bridgehead atoms. The number of piperidine rings is 1. The van der Waals surface area contributed by atoms with Crippen molar-refractivity contribution in [1.29, 1.82) is 0 Å². The van der Waals surface area contributed by atoms with Crippen molar-refractivity contribution in [1.82, 2.24) is 15.0 Å². The molecule has 172 valence electrons. The molecule has 1 saturated heterocycles. The van der Waals surface area contributed by atoms with Crippen LogP contribution in [-0.4, -0.2) is 33.9 Å². The SMILES string of the molecule is CC(=O)C1(c2ccccc2)CCN(Cc2ccc(-c3ccc(-c4noc(C)n4)cc3)cc2)CC1. The van der Waals surface area contributed by atoms with Crippen LogP contribution in [0.3, 0.4) is 0 Å². The smallest absolute Gasteiger partial charge is 0.223 e. The Morgan fingerprint density at radius 3 is 2.03 bits per heavy atom. The van der Waals surface area contributed by atoms with Crippen molar-refractivity contribution in [3.05, 3.63) is 95.9 Å². The van der Waals surface area contributed by atoms with Crippen LogP contribution in [0.4, 0.5) is 0 Å². The van der Waals surface area contributed by atoms with Crippen LogP contribution in [0.2, 0.25) is 0 Å². The largest absolute Gasteiger partial charge is 0.339 e. The van der Waals surface area contributed by atoms with Gasteiger partial charge in [0, 0.05) is 19.0 Å². The third-order valence-electron chi connectivity index (χ3n) is 7.07. The van der Waals surface area contributed by atoms with Gasteiger partial charge in [0.15, 0.2) is 0 Å². The number of aromatic nitrogens is 2. The van der Waals surface area contributed by atoms with Crippen molar-refractivity contribution in [3.63, 3.8) is 0 Å². The molecule has 0 atom stereocenters. The van der Waals surface area contributed by atoms with Crippen LogP contribution in [0, 0.1) is 6.92 Å². The molecule has 1 aliphatic heterocycles. The minimum Gasteiger partial charge on any atom is -0.339 e. The normalized spacial score (nSPS) is 15.8. The summed E-state index contributed by atoms with van der Waals surface area (Å²) < 4.78 is 5.07. The van der Waals surface area contributed by atoms with Gasteiger partial charge in [-0.05, 0) is 55.1 Å². The molecular formula is C29H29N3O2. The summed E-state index contributed by atoms with van der Waals surface area (Å²) in [6.07, 6.45) is 1.74. The van der Waals surface area contributed by atoms with Gasteiger partial charge in [-0.2, -0.15) is 4.98 Å². The zero-order chi connectivity index (χ0) is 23.5. The maximum Gasteiger partial charge on any atom is 0.223 e. The Balaban J connectivity index is 1.23. The number of nitrogens with zero attached hydrogens (tertiary/aromatic N) is 3. The van der Waals surface area contributed by atoms with Crippen molar-refractivity contribution in [2.45, 2.75) is 38.6 Å². The summed E-state index contributed by atoms with van der Waals surface area (Å²) in [6, 6.07) is 27.3. The van der Waals surface area contributed by atoms with Crippen LogP contribution in [0.15, 0.2) is 83.4 Å². The highest BCUT2D eigenvalue weighted by Gasteiger charge is 2.40. The second-order valence-electron chi connectivity index (χ2n) is 9.19. The number of benzene rings is 3. The van der Waals surface area contributed by atoms with Crippen molar-refractivity contribution in [2.24, 2.45) is 0 Å². The third-order valence-corrected chi connectivity index (χ3v) is 7.07. The highest BCUT2D eigenvalue weighted by atomic mass is 16.5. The number of carbonyl (C=O) groups is 1. The van der Waals surface area contributed by atoms with Gasteiger partial charge in [0.1, 0.15) is 5.78 Å². The first kappa shape index (κ1) is 22.2. The maximum absolute atomic E-state index is 12.6. The van der Waals surface area contributed by atoms with Gasteiger partial charge in [0.05, 0.1) is 5.41 Å². The summed E-state index contributed by atoms with van der Waals surface area (Å²) in [7, 11) is 0. The van der Waals surface area contributed by atoms with E-state index in [0.29, 0.717) is 11.7 Å². The van der Waals surface area contributed by atoms with Gasteiger partial charge in [-0.1, -0.05) is 84.0 Å². The number of Topliss-reactive ketones (excluding diaryl/α,β-unsaturated/α-hetero) is 1. The summed E-state index contributed by atoms with van der Waals surface area (Å²) in [5, 5.41) is 3.98. The Morgan fingerprint density at radius 2 is 1.47 bits per heavy atom. The van der Waals surface area contributed by atoms with Crippen molar-refractivity contribution >= 4 is 5.78 Å². The molecule has 1 fully saturated rings. The van der Waals surface area contributed by atoms with Crippen LogP contribution >= 0.6 is 0 Å². The molecule has 5 heteroatoms. The molecule has 0 spiro atoms. The zero-order valence-corrected chi connectivity index (χ0v) is 19.7. The minimum atomic E-state index is -0.339. The number of hydrogen-bond donors (Lipinski definition) is 0. The predicted molar refractivity (Wildman–Crippen MR) is 133 cm³/mol. The summed E-state index contributed by atoms with van der Waals surface area (Å²) in [4.78, 5) is 19.4. The standard InChI is InChI=1S/C29H29N3O2/c1-21(33)29(27-6-4-3-5-7-27)16-18-32(19-17-29)20-23-8-10-24(11-9-23)25-12-14-26(15-13-25)28-30-22(2)34-31-28/h3-15H,16-20H2,1-2H3. The number of likely N-dealkylation sites (tertiary alicyclic amines) is 1. The lowest BCUT2D eigenvalue weighted by atomic mass is 9.70. The highest BCUT2D eigenvalue weighted by molar-refractivity contribution is 5.88. The van der Waals surface area contributed by atoms with E-state index in [0.717, 1.165) is 49.2 Å². The van der Waals surface area contributed by atoms with Gasteiger partial charge in [-0.15, -0.1) is 0 Å². The second-order valence-corrected chi connectivity index (χ2v) is 9.19. The van der Waals surface area contributed by atoms with Crippen LogP contribution in [-0.2, 0) is 16.8 Å². The lowest BCUT2D eigenvalue weighted by Gasteiger charge is -2.40.